The van der Waals surface area contributed by atoms with E-state index in [1.54, 1.807) is 0 Å². The SMILES string of the molecule is C=CS(=O)(=O)NCCCOCCOCCOCCCNC(=O)CCCC(=O)OCC(OC)OC(CC)CO.CCC(CO)OC(COC(=O)CCCC(=O)O)OC.CCCOC(CO)OC(CC)CO.CCN(CO)OC(CO)OC. The lowest BCUT2D eigenvalue weighted by Crippen LogP contribution is -2.33. The van der Waals surface area contributed by atoms with Crippen LogP contribution in [0.4, 0.5) is 0 Å². The number of aliphatic hydroxyl groups excluding tert-OH is 6. The maximum atomic E-state index is 11.9. The normalized spacial score (nSPS) is 13.8. The number of carbonyl (C=O) groups excluding carboxylic acids is 3. The number of aliphatic carboxylic acids is 1. The molecular formula is C51H103N3O26S. The number of carboxylic acids is 1. The standard InChI is InChI=1S/C24H46N2O11S.C12H22O7.C9H20O4.C6H15NO4/c1-4-21(19-27)37-24(32-3)20-36-23(29)10-6-9-22(28)25-11-7-13-33-15-17-35-18-16-34-14-8-12-26-38(30,31)5-2;1-3-9(7-13)19-12(17-2)8-18-11(16)6-4-5-10(14)15;1-3-5-12-9(7-11)13-8(4-2)6-10;1-3-7(5-9)11-6(4-8)10-2/h5,21,24,26-27H,2,4,6-20H2,1,3H3,(H,25,28);9,12-13H,3-8H2,1-2H3,(H,14,15);8-11H,3-7H2,1-2H3;6,8-9H,3-5H2,1-2H3. The average Bonchev–Trinajstić information content (AvgIpc) is 3.47. The number of nitrogens with zero attached hydrogens (tertiary/aromatic N) is 1. The lowest BCUT2D eigenvalue weighted by atomic mass is 10.2. The molecule has 0 spiro atoms. The van der Waals surface area contributed by atoms with Crippen LogP contribution >= 0.6 is 0 Å². The van der Waals surface area contributed by atoms with Gasteiger partial charge in [-0.25, -0.2) is 13.1 Å². The topological polar surface area (TPSA) is 391 Å². The van der Waals surface area contributed by atoms with Crippen LogP contribution < -0.4 is 10.0 Å². The Labute approximate surface area is 480 Å². The first-order chi connectivity index (χ1) is 38.9. The molecule has 0 saturated heterocycles. The number of methoxy groups -OCH3 is 3. The molecule has 0 aliphatic heterocycles. The lowest BCUT2D eigenvalue weighted by Gasteiger charge is -2.21. The molecule has 9 N–H and O–H groups in total. The molecule has 0 radical (unpaired) electrons. The Bertz CT molecular complexity index is 1530. The second kappa shape index (κ2) is 61.4. The fourth-order valence-electron chi connectivity index (χ4n) is 5.41. The number of nitrogens with one attached hydrogen (secondary N) is 2. The highest BCUT2D eigenvalue weighted by Gasteiger charge is 2.19. The second-order valence-electron chi connectivity index (χ2n) is 16.7. The van der Waals surface area contributed by atoms with Crippen LogP contribution in [0, 0.1) is 0 Å². The van der Waals surface area contributed by atoms with Crippen molar-refractivity contribution in [2.24, 2.45) is 0 Å². The average molecular weight is 1210 g/mol. The minimum atomic E-state index is -3.38. The molecule has 0 saturated carbocycles. The van der Waals surface area contributed by atoms with Crippen molar-refractivity contribution in [3.63, 3.8) is 0 Å². The zero-order chi connectivity index (χ0) is 62.0. The number of hydrogen-bond donors (Lipinski definition) is 9. The van der Waals surface area contributed by atoms with Crippen LogP contribution in [-0.2, 0) is 90.9 Å². The van der Waals surface area contributed by atoms with E-state index in [0.717, 1.165) is 11.8 Å². The maximum Gasteiger partial charge on any atom is 0.305 e. The number of carbonyl (C=O) groups is 4. The minimum absolute atomic E-state index is 0.0392. The van der Waals surface area contributed by atoms with E-state index < -0.39 is 53.1 Å². The zero-order valence-electron chi connectivity index (χ0n) is 49.3. The molecule has 29 nitrogen and oxygen atoms in total. The number of hydrogen-bond acceptors (Lipinski definition) is 26. The van der Waals surface area contributed by atoms with Crippen molar-refractivity contribution in [1.29, 1.82) is 0 Å². The molecule has 30 heteroatoms. The Hall–Kier alpha value is -3.19. The van der Waals surface area contributed by atoms with Crippen LogP contribution in [0.15, 0.2) is 12.0 Å². The largest absolute Gasteiger partial charge is 0.481 e. The summed E-state index contributed by atoms with van der Waals surface area (Å²) < 4.78 is 86.9. The molecule has 0 heterocycles. The molecule has 0 aromatic carbocycles. The van der Waals surface area contributed by atoms with Crippen molar-refractivity contribution in [3.8, 4) is 0 Å². The summed E-state index contributed by atoms with van der Waals surface area (Å²) in [5, 5.41) is 66.4. The summed E-state index contributed by atoms with van der Waals surface area (Å²) in [5.41, 5.74) is 0. The van der Waals surface area contributed by atoms with E-state index in [-0.39, 0.29) is 116 Å². The van der Waals surface area contributed by atoms with Gasteiger partial charge < -0.3 is 97.9 Å². The van der Waals surface area contributed by atoms with Crippen molar-refractivity contribution in [1.82, 2.24) is 15.1 Å². The lowest BCUT2D eigenvalue weighted by molar-refractivity contribution is -0.298. The van der Waals surface area contributed by atoms with Crippen molar-refractivity contribution >= 4 is 33.8 Å². The first-order valence-corrected chi connectivity index (χ1v) is 28.8. The molecule has 81 heavy (non-hydrogen) atoms. The number of amides is 1. The first kappa shape index (κ1) is 84.3. The van der Waals surface area contributed by atoms with E-state index in [1.807, 2.05) is 34.6 Å². The molecule has 0 aliphatic rings. The molecule has 1 amide bonds. The predicted molar refractivity (Wildman–Crippen MR) is 293 cm³/mol. The summed E-state index contributed by atoms with van der Waals surface area (Å²) in [6, 6.07) is 0. The van der Waals surface area contributed by atoms with Gasteiger partial charge in [-0.15, -0.1) is 0 Å². The highest BCUT2D eigenvalue weighted by molar-refractivity contribution is 7.92. The summed E-state index contributed by atoms with van der Waals surface area (Å²) in [6.45, 7) is 16.0. The number of carboxylic acid groups (broad SMARTS) is 1. The van der Waals surface area contributed by atoms with Gasteiger partial charge in [-0.05, 0) is 58.3 Å². The van der Waals surface area contributed by atoms with Crippen LogP contribution in [0.25, 0.3) is 0 Å². The van der Waals surface area contributed by atoms with Gasteiger partial charge in [0.25, 0.3) is 0 Å². The molecule has 7 atom stereocenters. The third kappa shape index (κ3) is 57.0. The van der Waals surface area contributed by atoms with Gasteiger partial charge in [-0.3, -0.25) is 24.0 Å². The number of esters is 2. The van der Waals surface area contributed by atoms with E-state index in [4.69, 9.17) is 97.4 Å². The zero-order valence-corrected chi connectivity index (χ0v) is 50.1. The Morgan fingerprint density at radius 3 is 1.36 bits per heavy atom. The van der Waals surface area contributed by atoms with Crippen molar-refractivity contribution in [2.45, 2.75) is 155 Å². The number of hydroxylamine groups is 2. The minimum Gasteiger partial charge on any atom is -0.481 e. The summed E-state index contributed by atoms with van der Waals surface area (Å²) in [4.78, 5) is 50.2. The van der Waals surface area contributed by atoms with Gasteiger partial charge in [-0.2, -0.15) is 5.06 Å². The number of aliphatic hydroxyl groups is 6. The van der Waals surface area contributed by atoms with Gasteiger partial charge in [0.1, 0.15) is 19.9 Å². The van der Waals surface area contributed by atoms with Gasteiger partial charge in [0.05, 0.1) is 77.8 Å². The predicted octanol–water partition coefficient (Wildman–Crippen LogP) is 0.687. The fourth-order valence-corrected chi connectivity index (χ4v) is 5.95. The maximum absolute atomic E-state index is 11.9. The smallest absolute Gasteiger partial charge is 0.305 e. The van der Waals surface area contributed by atoms with E-state index in [9.17, 15) is 27.6 Å². The van der Waals surface area contributed by atoms with Crippen LogP contribution in [0.3, 0.4) is 0 Å². The second-order valence-corrected chi connectivity index (χ2v) is 18.4. The number of sulfonamides is 1. The van der Waals surface area contributed by atoms with Crippen molar-refractivity contribution in [2.75, 3.05) is 140 Å². The van der Waals surface area contributed by atoms with Crippen molar-refractivity contribution < 1.29 is 125 Å². The Balaban J connectivity index is -0.000000566. The molecule has 484 valence electrons. The third-order valence-electron chi connectivity index (χ3n) is 10.2. The van der Waals surface area contributed by atoms with Gasteiger partial charge >= 0.3 is 17.9 Å². The van der Waals surface area contributed by atoms with Crippen LogP contribution in [0.5, 0.6) is 0 Å². The van der Waals surface area contributed by atoms with Crippen molar-refractivity contribution in [3.05, 3.63) is 12.0 Å². The molecule has 0 aromatic heterocycles. The van der Waals surface area contributed by atoms with Crippen LogP contribution in [-0.4, -0.2) is 257 Å². The van der Waals surface area contributed by atoms with Gasteiger partial charge in [0.2, 0.25) is 15.9 Å². The molecule has 0 rings (SSSR count). The highest BCUT2D eigenvalue weighted by Crippen LogP contribution is 2.08. The summed E-state index contributed by atoms with van der Waals surface area (Å²) in [7, 11) is 0.877. The Morgan fingerprint density at radius 1 is 0.556 bits per heavy atom. The van der Waals surface area contributed by atoms with E-state index >= 15 is 0 Å². The molecular weight excluding hydrogens is 1100 g/mol. The van der Waals surface area contributed by atoms with Gasteiger partial charge in [0.15, 0.2) is 25.2 Å². The Morgan fingerprint density at radius 2 is 0.988 bits per heavy atom. The van der Waals surface area contributed by atoms with Gasteiger partial charge in [0, 0.05) is 91.9 Å². The first-order valence-electron chi connectivity index (χ1n) is 27.2. The van der Waals surface area contributed by atoms with Crippen LogP contribution in [0.2, 0.25) is 0 Å². The van der Waals surface area contributed by atoms with E-state index in [2.05, 4.69) is 16.6 Å². The summed E-state index contributed by atoms with van der Waals surface area (Å²) in [5.74, 6) is -2.04. The monoisotopic (exact) mass is 1210 g/mol. The van der Waals surface area contributed by atoms with E-state index in [0.29, 0.717) is 97.9 Å². The molecule has 0 aliphatic carbocycles. The quantitative estimate of drug-likeness (QED) is 0.0175. The molecule has 0 bridgehead atoms. The fraction of sp³-hybridized carbons (Fsp3) is 0.882. The molecule has 7 unspecified atom stereocenters. The molecule has 0 aromatic rings. The van der Waals surface area contributed by atoms with Crippen LogP contribution in [0.1, 0.15) is 112 Å². The highest BCUT2D eigenvalue weighted by atomic mass is 32.2. The van der Waals surface area contributed by atoms with E-state index in [1.165, 1.54) is 26.4 Å². The van der Waals surface area contributed by atoms with Gasteiger partial charge in [-0.1, -0.05) is 34.3 Å². The third-order valence-corrected chi connectivity index (χ3v) is 11.3. The summed E-state index contributed by atoms with van der Waals surface area (Å²) >= 11 is 0. The molecule has 0 fully saturated rings. The number of rotatable bonds is 52. The summed E-state index contributed by atoms with van der Waals surface area (Å²) in [6.07, 6.45) is 1.14. The Kier molecular flexibility index (Phi) is 63.8. The number of ether oxygens (including phenoxy) is 12.